The number of hydrogen-bond acceptors (Lipinski definition) is 4. The van der Waals surface area contributed by atoms with Gasteiger partial charge in [0.25, 0.3) is 0 Å². The smallest absolute Gasteiger partial charge is 0.328 e. The van der Waals surface area contributed by atoms with E-state index in [4.69, 9.17) is 5.11 Å². The van der Waals surface area contributed by atoms with Crippen LogP contribution in [-0.2, 0) is 4.79 Å². The van der Waals surface area contributed by atoms with Gasteiger partial charge in [-0.1, -0.05) is 0 Å². The van der Waals surface area contributed by atoms with Gasteiger partial charge in [-0.25, -0.2) is 9.59 Å². The van der Waals surface area contributed by atoms with Crippen molar-refractivity contribution >= 4 is 12.0 Å². The summed E-state index contributed by atoms with van der Waals surface area (Å²) in [6, 6.07) is -1.85. The minimum absolute atomic E-state index is 0.366. The van der Waals surface area contributed by atoms with Crippen LogP contribution >= 0.6 is 0 Å². The fourth-order valence-corrected chi connectivity index (χ4v) is 2.08. The van der Waals surface area contributed by atoms with E-state index in [1.807, 2.05) is 0 Å². The number of nitrogens with one attached hydrogen (secondary N) is 1. The van der Waals surface area contributed by atoms with Crippen LogP contribution in [0.1, 0.15) is 33.1 Å². The highest BCUT2D eigenvalue weighted by Gasteiger charge is 2.30. The lowest BCUT2D eigenvalue weighted by Crippen LogP contribution is -2.52. The molecule has 0 aromatic carbocycles. The molecule has 0 aromatic heterocycles. The molecule has 1 aliphatic rings. The molecule has 19 heavy (non-hydrogen) atoms. The number of carbonyl (C=O) groups is 2. The number of aliphatic hydroxyl groups is 2. The summed E-state index contributed by atoms with van der Waals surface area (Å²) in [5, 5.41) is 30.4. The minimum atomic E-state index is -1.32. The van der Waals surface area contributed by atoms with Gasteiger partial charge in [-0.05, 0) is 33.1 Å². The molecule has 1 fully saturated rings. The molecule has 1 rings (SSSR count). The highest BCUT2D eigenvalue weighted by Crippen LogP contribution is 2.21. The summed E-state index contributed by atoms with van der Waals surface area (Å²) in [6.07, 6.45) is 0.548. The van der Waals surface area contributed by atoms with E-state index in [-0.39, 0.29) is 0 Å². The van der Waals surface area contributed by atoms with Gasteiger partial charge in [0.2, 0.25) is 0 Å². The van der Waals surface area contributed by atoms with Crippen molar-refractivity contribution in [2.24, 2.45) is 0 Å². The summed E-state index contributed by atoms with van der Waals surface area (Å²) in [7, 11) is 0. The van der Waals surface area contributed by atoms with Crippen LogP contribution in [-0.4, -0.2) is 63.1 Å². The van der Waals surface area contributed by atoms with Crippen molar-refractivity contribution < 1.29 is 24.9 Å². The molecule has 7 heteroatoms. The van der Waals surface area contributed by atoms with Crippen LogP contribution < -0.4 is 5.32 Å². The zero-order chi connectivity index (χ0) is 14.6. The van der Waals surface area contributed by atoms with E-state index in [1.165, 1.54) is 11.8 Å². The molecule has 110 valence electrons. The van der Waals surface area contributed by atoms with Gasteiger partial charge in [-0.15, -0.1) is 0 Å². The third kappa shape index (κ3) is 4.68. The van der Waals surface area contributed by atoms with E-state index < -0.39 is 29.7 Å². The lowest BCUT2D eigenvalue weighted by atomic mass is 9.98. The first-order valence-electron chi connectivity index (χ1n) is 6.41. The number of nitrogens with zero attached hydrogens (tertiary/aromatic N) is 1. The van der Waals surface area contributed by atoms with Crippen LogP contribution in [0, 0.1) is 0 Å². The molecular formula is C12H22N2O5. The standard InChI is InChI=1S/C12H22N2O5/c1-8(15)9(10(16)17)13-11(18)14-6-3-4-12(2,19)5-7-14/h8-9,15,19H,3-7H2,1-2H3,(H,13,18)(H,16,17). The lowest BCUT2D eigenvalue weighted by Gasteiger charge is -2.25. The molecule has 0 saturated carbocycles. The topological polar surface area (TPSA) is 110 Å². The number of likely N-dealkylation sites (tertiary alicyclic amines) is 1. The largest absolute Gasteiger partial charge is 0.480 e. The van der Waals surface area contributed by atoms with Crippen molar-refractivity contribution in [3.05, 3.63) is 0 Å². The molecule has 2 amide bonds. The Balaban J connectivity index is 2.60. The van der Waals surface area contributed by atoms with Crippen molar-refractivity contribution in [2.45, 2.75) is 50.9 Å². The number of hydrogen-bond donors (Lipinski definition) is 4. The highest BCUT2D eigenvalue weighted by atomic mass is 16.4. The van der Waals surface area contributed by atoms with Gasteiger partial charge < -0.3 is 25.5 Å². The third-order valence-electron chi connectivity index (χ3n) is 3.38. The second kappa shape index (κ2) is 6.21. The molecule has 0 spiro atoms. The zero-order valence-electron chi connectivity index (χ0n) is 11.3. The van der Waals surface area contributed by atoms with Gasteiger partial charge in [0, 0.05) is 13.1 Å². The van der Waals surface area contributed by atoms with Crippen LogP contribution in [0.5, 0.6) is 0 Å². The van der Waals surface area contributed by atoms with E-state index in [2.05, 4.69) is 5.32 Å². The molecule has 0 aliphatic carbocycles. The van der Waals surface area contributed by atoms with Crippen molar-refractivity contribution in [3.8, 4) is 0 Å². The van der Waals surface area contributed by atoms with Crippen molar-refractivity contribution in [2.75, 3.05) is 13.1 Å². The maximum absolute atomic E-state index is 11.9. The number of rotatable bonds is 3. The Labute approximate surface area is 112 Å². The van der Waals surface area contributed by atoms with E-state index in [1.54, 1.807) is 6.92 Å². The van der Waals surface area contributed by atoms with Gasteiger partial charge in [-0.3, -0.25) is 0 Å². The predicted molar refractivity (Wildman–Crippen MR) is 67.7 cm³/mol. The summed E-state index contributed by atoms with van der Waals surface area (Å²) in [5.41, 5.74) is -0.786. The third-order valence-corrected chi connectivity index (χ3v) is 3.38. The maximum Gasteiger partial charge on any atom is 0.328 e. The molecule has 1 heterocycles. The monoisotopic (exact) mass is 274 g/mol. The number of aliphatic hydroxyl groups excluding tert-OH is 1. The fourth-order valence-electron chi connectivity index (χ4n) is 2.08. The van der Waals surface area contributed by atoms with E-state index in [0.717, 1.165) is 0 Å². The lowest BCUT2D eigenvalue weighted by molar-refractivity contribution is -0.141. The Morgan fingerprint density at radius 1 is 1.32 bits per heavy atom. The van der Waals surface area contributed by atoms with Crippen molar-refractivity contribution in [1.29, 1.82) is 0 Å². The number of aliphatic carboxylic acids is 1. The van der Waals surface area contributed by atoms with Gasteiger partial charge in [0.05, 0.1) is 11.7 Å². The summed E-state index contributed by atoms with van der Waals surface area (Å²) in [5.74, 6) is -1.27. The second-order valence-corrected chi connectivity index (χ2v) is 5.34. The molecule has 0 aromatic rings. The average Bonchev–Trinajstić information content (AvgIpc) is 2.46. The number of carboxylic acid groups (broad SMARTS) is 1. The van der Waals surface area contributed by atoms with Crippen LogP contribution in [0.2, 0.25) is 0 Å². The highest BCUT2D eigenvalue weighted by molar-refractivity contribution is 5.83. The zero-order valence-corrected chi connectivity index (χ0v) is 11.3. The normalized spacial score (nSPS) is 27.3. The molecule has 1 saturated heterocycles. The van der Waals surface area contributed by atoms with Gasteiger partial charge in [0.15, 0.2) is 6.04 Å². The second-order valence-electron chi connectivity index (χ2n) is 5.34. The number of urea groups is 1. The Morgan fingerprint density at radius 3 is 2.47 bits per heavy atom. The first-order valence-corrected chi connectivity index (χ1v) is 6.41. The summed E-state index contributed by atoms with van der Waals surface area (Å²) < 4.78 is 0. The first kappa shape index (κ1) is 15.7. The fraction of sp³-hybridized carbons (Fsp3) is 0.833. The van der Waals surface area contributed by atoms with Crippen LogP contribution in [0.3, 0.4) is 0 Å². The maximum atomic E-state index is 11.9. The Morgan fingerprint density at radius 2 is 1.95 bits per heavy atom. The predicted octanol–water partition coefficient (Wildman–Crippen LogP) is -0.233. The van der Waals surface area contributed by atoms with Crippen LogP contribution in [0.4, 0.5) is 4.79 Å². The van der Waals surface area contributed by atoms with Gasteiger partial charge in [-0.2, -0.15) is 0 Å². The molecule has 3 atom stereocenters. The SMILES string of the molecule is CC(O)C(NC(=O)N1CCCC(C)(O)CC1)C(=O)O. The molecule has 1 aliphatic heterocycles. The quantitative estimate of drug-likeness (QED) is 0.568. The average molecular weight is 274 g/mol. The summed E-state index contributed by atoms with van der Waals surface area (Å²) >= 11 is 0. The van der Waals surface area contributed by atoms with Gasteiger partial charge >= 0.3 is 12.0 Å². The summed E-state index contributed by atoms with van der Waals surface area (Å²) in [4.78, 5) is 24.3. The van der Waals surface area contributed by atoms with E-state index in [0.29, 0.717) is 32.4 Å². The first-order chi connectivity index (χ1) is 8.73. The molecular weight excluding hydrogens is 252 g/mol. The van der Waals surface area contributed by atoms with Gasteiger partial charge in [0.1, 0.15) is 0 Å². The molecule has 0 bridgehead atoms. The van der Waals surface area contributed by atoms with Crippen LogP contribution in [0.15, 0.2) is 0 Å². The molecule has 7 nitrogen and oxygen atoms in total. The Bertz CT molecular complexity index is 343. The Hall–Kier alpha value is -1.34. The molecule has 0 radical (unpaired) electrons. The van der Waals surface area contributed by atoms with E-state index in [9.17, 15) is 19.8 Å². The van der Waals surface area contributed by atoms with Crippen LogP contribution in [0.25, 0.3) is 0 Å². The molecule has 4 N–H and O–H groups in total. The van der Waals surface area contributed by atoms with Crippen molar-refractivity contribution in [1.82, 2.24) is 10.2 Å². The Kier molecular flexibility index (Phi) is 5.13. The number of carboxylic acids is 1. The number of carbonyl (C=O) groups excluding carboxylic acids is 1. The minimum Gasteiger partial charge on any atom is -0.480 e. The summed E-state index contributed by atoms with van der Waals surface area (Å²) in [6.45, 7) is 3.87. The van der Waals surface area contributed by atoms with Crippen molar-refractivity contribution in [3.63, 3.8) is 0 Å². The van der Waals surface area contributed by atoms with E-state index >= 15 is 0 Å². The molecule has 3 unspecified atom stereocenters. The number of amides is 2.